The third-order valence-corrected chi connectivity index (χ3v) is 3.94. The first kappa shape index (κ1) is 13.6. The van der Waals surface area contributed by atoms with Gasteiger partial charge in [-0.2, -0.15) is 4.37 Å². The molecule has 2 rings (SSSR count). The zero-order chi connectivity index (χ0) is 13.8. The summed E-state index contributed by atoms with van der Waals surface area (Å²) >= 11 is 2.32. The van der Waals surface area contributed by atoms with Gasteiger partial charge in [0.1, 0.15) is 12.2 Å². The van der Waals surface area contributed by atoms with Gasteiger partial charge in [0, 0.05) is 13.5 Å². The Bertz CT molecular complexity index is 602. The quantitative estimate of drug-likeness (QED) is 0.507. The molecule has 0 aliphatic heterocycles. The van der Waals surface area contributed by atoms with E-state index >= 15 is 0 Å². The molecule has 0 aliphatic carbocycles. The number of rotatable bonds is 5. The first-order chi connectivity index (χ1) is 9.15. The van der Waals surface area contributed by atoms with Gasteiger partial charge in [-0.25, -0.2) is 15.0 Å². The lowest BCUT2D eigenvalue weighted by atomic mass is 10.5. The second kappa shape index (κ2) is 5.89. The number of anilines is 1. The molecule has 0 saturated heterocycles. The van der Waals surface area contributed by atoms with Gasteiger partial charge in [-0.15, -0.1) is 0 Å². The topological polar surface area (TPSA) is 107 Å². The highest BCUT2D eigenvalue weighted by molar-refractivity contribution is 8.01. The molecule has 100 valence electrons. The third-order valence-electron chi connectivity index (χ3n) is 2.16. The maximum absolute atomic E-state index is 11.1. The highest BCUT2D eigenvalue weighted by Gasteiger charge is 2.23. The second-order valence-corrected chi connectivity index (χ2v) is 5.30. The molecule has 0 unspecified atom stereocenters. The average Bonchev–Trinajstić information content (AvgIpc) is 2.85. The Kier molecular flexibility index (Phi) is 4.22. The van der Waals surface area contributed by atoms with E-state index in [1.165, 1.54) is 17.9 Å². The van der Waals surface area contributed by atoms with Crippen molar-refractivity contribution in [3.63, 3.8) is 0 Å². The van der Waals surface area contributed by atoms with Crippen LogP contribution in [0.3, 0.4) is 0 Å². The number of nitrogens with zero attached hydrogens (tertiary/aromatic N) is 5. The minimum absolute atomic E-state index is 0.150. The zero-order valence-corrected chi connectivity index (χ0v) is 11.8. The Morgan fingerprint density at radius 3 is 2.89 bits per heavy atom. The summed E-state index contributed by atoms with van der Waals surface area (Å²) in [4.78, 5) is 22.6. The van der Waals surface area contributed by atoms with Gasteiger partial charge in [0.15, 0.2) is 9.37 Å². The first-order valence-electron chi connectivity index (χ1n) is 5.33. The largest absolute Gasteiger partial charge is 0.367 e. The second-order valence-electron chi connectivity index (χ2n) is 3.32. The molecule has 0 amide bonds. The van der Waals surface area contributed by atoms with E-state index in [2.05, 4.69) is 24.6 Å². The first-order valence-corrected chi connectivity index (χ1v) is 6.92. The molecule has 19 heavy (non-hydrogen) atoms. The highest BCUT2D eigenvalue weighted by Crippen LogP contribution is 2.36. The summed E-state index contributed by atoms with van der Waals surface area (Å²) in [7, 11) is 1.57. The van der Waals surface area contributed by atoms with Gasteiger partial charge in [0.25, 0.3) is 0 Å². The predicted octanol–water partition coefficient (Wildman–Crippen LogP) is 1.99. The Balaban J connectivity index is 2.36. The normalized spacial score (nSPS) is 10.4. The number of aromatic nitrogens is 4. The van der Waals surface area contributed by atoms with Crippen LogP contribution in [0, 0.1) is 10.1 Å². The van der Waals surface area contributed by atoms with Crippen molar-refractivity contribution in [2.75, 3.05) is 12.4 Å². The molecule has 1 N–H and O–H groups in total. The van der Waals surface area contributed by atoms with Crippen molar-refractivity contribution in [3.8, 4) is 0 Å². The molecular weight excluding hydrogens is 288 g/mol. The zero-order valence-electron chi connectivity index (χ0n) is 10.2. The van der Waals surface area contributed by atoms with E-state index in [-0.39, 0.29) is 16.5 Å². The standard InChI is InChI=1S/C9H10N6O2S2/c1-3-5-13-9(19-14-5)18-8-6(15(16)17)7(10-2)11-4-12-8/h4H,3H2,1-2H3,(H,10,11,12). The van der Waals surface area contributed by atoms with Crippen LogP contribution >= 0.6 is 23.3 Å². The van der Waals surface area contributed by atoms with Crippen LogP contribution in [0.15, 0.2) is 15.7 Å². The van der Waals surface area contributed by atoms with E-state index in [9.17, 15) is 10.1 Å². The van der Waals surface area contributed by atoms with Gasteiger partial charge in [0.05, 0.1) is 4.92 Å². The molecule has 0 atom stereocenters. The average molecular weight is 298 g/mol. The maximum Gasteiger partial charge on any atom is 0.343 e. The summed E-state index contributed by atoms with van der Waals surface area (Å²) in [5, 5.41) is 14.0. The Labute approximate surface area is 117 Å². The summed E-state index contributed by atoms with van der Waals surface area (Å²) in [6.45, 7) is 1.95. The van der Waals surface area contributed by atoms with Gasteiger partial charge in [-0.1, -0.05) is 6.92 Å². The van der Waals surface area contributed by atoms with Gasteiger partial charge in [0.2, 0.25) is 5.82 Å². The number of hydrogen-bond donors (Lipinski definition) is 1. The van der Waals surface area contributed by atoms with Crippen molar-refractivity contribution in [2.24, 2.45) is 0 Å². The van der Waals surface area contributed by atoms with Crippen molar-refractivity contribution in [1.29, 1.82) is 0 Å². The summed E-state index contributed by atoms with van der Waals surface area (Å²) < 4.78 is 4.75. The van der Waals surface area contributed by atoms with Crippen LogP contribution in [0.1, 0.15) is 12.7 Å². The Morgan fingerprint density at radius 1 is 1.53 bits per heavy atom. The summed E-state index contributed by atoms with van der Waals surface area (Å²) in [5.74, 6) is 0.903. The van der Waals surface area contributed by atoms with Crippen LogP contribution in [-0.2, 0) is 6.42 Å². The number of hydrogen-bond acceptors (Lipinski definition) is 9. The summed E-state index contributed by atoms with van der Waals surface area (Å²) in [6, 6.07) is 0. The number of aryl methyl sites for hydroxylation is 1. The van der Waals surface area contributed by atoms with Crippen LogP contribution in [0.4, 0.5) is 11.5 Å². The van der Waals surface area contributed by atoms with Crippen LogP contribution in [0.2, 0.25) is 0 Å². The van der Waals surface area contributed by atoms with E-state index in [1.807, 2.05) is 6.92 Å². The lowest BCUT2D eigenvalue weighted by Crippen LogP contribution is -2.02. The van der Waals surface area contributed by atoms with E-state index in [0.29, 0.717) is 4.34 Å². The van der Waals surface area contributed by atoms with Crippen molar-refractivity contribution in [1.82, 2.24) is 19.3 Å². The predicted molar refractivity (Wildman–Crippen MR) is 71.6 cm³/mol. The number of nitrogens with one attached hydrogen (secondary N) is 1. The molecule has 0 aromatic carbocycles. The molecule has 2 heterocycles. The lowest BCUT2D eigenvalue weighted by Gasteiger charge is -2.03. The molecular formula is C9H10N6O2S2. The molecule has 2 aromatic heterocycles. The molecule has 2 aromatic rings. The fraction of sp³-hybridized carbons (Fsp3) is 0.333. The van der Waals surface area contributed by atoms with Gasteiger partial charge >= 0.3 is 5.69 Å². The summed E-state index contributed by atoms with van der Waals surface area (Å²) in [5.41, 5.74) is -0.150. The molecule has 0 fully saturated rings. The smallest absolute Gasteiger partial charge is 0.343 e. The molecule has 0 bridgehead atoms. The van der Waals surface area contributed by atoms with Crippen molar-refractivity contribution in [3.05, 3.63) is 22.3 Å². The Hall–Kier alpha value is -1.81. The minimum Gasteiger partial charge on any atom is -0.367 e. The molecule has 0 spiro atoms. The van der Waals surface area contributed by atoms with Crippen molar-refractivity contribution in [2.45, 2.75) is 22.7 Å². The molecule has 0 saturated carbocycles. The molecule has 0 radical (unpaired) electrons. The van der Waals surface area contributed by atoms with Crippen molar-refractivity contribution < 1.29 is 4.92 Å². The van der Waals surface area contributed by atoms with Crippen LogP contribution in [0.25, 0.3) is 0 Å². The van der Waals surface area contributed by atoms with Crippen LogP contribution in [-0.4, -0.2) is 31.3 Å². The molecule has 10 heteroatoms. The molecule has 8 nitrogen and oxygen atoms in total. The van der Waals surface area contributed by atoms with Gasteiger partial charge < -0.3 is 5.32 Å². The maximum atomic E-state index is 11.1. The number of nitro groups is 1. The SMILES string of the molecule is CCc1nsc(Sc2ncnc(NC)c2[N+](=O)[O-])n1. The van der Waals surface area contributed by atoms with Crippen LogP contribution in [0.5, 0.6) is 0 Å². The Morgan fingerprint density at radius 2 is 2.32 bits per heavy atom. The molecule has 0 aliphatic rings. The van der Waals surface area contributed by atoms with Crippen molar-refractivity contribution >= 4 is 34.8 Å². The third kappa shape index (κ3) is 2.96. The minimum atomic E-state index is -0.504. The summed E-state index contributed by atoms with van der Waals surface area (Å²) in [6.07, 6.45) is 2.01. The van der Waals surface area contributed by atoms with E-state index in [0.717, 1.165) is 24.0 Å². The fourth-order valence-electron chi connectivity index (χ4n) is 1.29. The van der Waals surface area contributed by atoms with E-state index in [1.54, 1.807) is 7.05 Å². The fourth-order valence-corrected chi connectivity index (χ4v) is 2.97. The van der Waals surface area contributed by atoms with Gasteiger partial charge in [-0.3, -0.25) is 10.1 Å². The monoisotopic (exact) mass is 298 g/mol. The highest BCUT2D eigenvalue weighted by atomic mass is 32.2. The van der Waals surface area contributed by atoms with Gasteiger partial charge in [-0.05, 0) is 23.3 Å². The van der Waals surface area contributed by atoms with Crippen LogP contribution < -0.4 is 5.32 Å². The van der Waals surface area contributed by atoms with E-state index < -0.39 is 4.92 Å². The lowest BCUT2D eigenvalue weighted by molar-refractivity contribution is -0.387. The van der Waals surface area contributed by atoms with E-state index in [4.69, 9.17) is 0 Å².